The van der Waals surface area contributed by atoms with Crippen LogP contribution in [0.5, 0.6) is 0 Å². The quantitative estimate of drug-likeness (QED) is 0.647. The van der Waals surface area contributed by atoms with Gasteiger partial charge in [-0.15, -0.1) is 0 Å². The first-order valence-electron chi connectivity index (χ1n) is 6.57. The number of carboxylic acid groups (broad SMARTS) is 1. The van der Waals surface area contributed by atoms with Gasteiger partial charge in [-0.3, -0.25) is 4.79 Å². The summed E-state index contributed by atoms with van der Waals surface area (Å²) in [6.07, 6.45) is 2.74. The highest BCUT2D eigenvalue weighted by atomic mass is 32.2. The van der Waals surface area contributed by atoms with Crippen LogP contribution in [0.2, 0.25) is 0 Å². The third-order valence-corrected chi connectivity index (χ3v) is 3.83. The molecule has 1 aliphatic rings. The van der Waals surface area contributed by atoms with Crippen molar-refractivity contribution in [3.05, 3.63) is 0 Å². The first-order chi connectivity index (χ1) is 9.51. The zero-order chi connectivity index (χ0) is 15.1. The van der Waals surface area contributed by atoms with E-state index in [2.05, 4.69) is 10.6 Å². The van der Waals surface area contributed by atoms with Crippen LogP contribution in [-0.4, -0.2) is 65.1 Å². The van der Waals surface area contributed by atoms with E-state index in [0.29, 0.717) is 31.7 Å². The van der Waals surface area contributed by atoms with Gasteiger partial charge in [-0.05, 0) is 24.9 Å². The molecule has 0 bridgehead atoms. The molecule has 0 radical (unpaired) electrons. The number of carbonyl (C=O) groups excluding carboxylic acids is 2. The Balaban J connectivity index is 2.66. The molecule has 8 heteroatoms. The van der Waals surface area contributed by atoms with Crippen LogP contribution in [0.25, 0.3) is 0 Å². The molecule has 0 aliphatic carbocycles. The lowest BCUT2D eigenvalue weighted by Gasteiger charge is -2.35. The Bertz CT molecular complexity index is 378. The number of nitrogens with zero attached hydrogens (tertiary/aromatic N) is 1. The number of urea groups is 1. The number of aliphatic carboxylic acids is 1. The van der Waals surface area contributed by atoms with E-state index in [1.165, 1.54) is 16.7 Å². The summed E-state index contributed by atoms with van der Waals surface area (Å²) in [5.41, 5.74) is 0. The van der Waals surface area contributed by atoms with E-state index in [-0.39, 0.29) is 5.91 Å². The topological polar surface area (TPSA) is 98.7 Å². The van der Waals surface area contributed by atoms with Crippen LogP contribution >= 0.6 is 11.8 Å². The van der Waals surface area contributed by atoms with Crippen molar-refractivity contribution in [1.82, 2.24) is 15.5 Å². The number of carbonyl (C=O) groups is 3. The summed E-state index contributed by atoms with van der Waals surface area (Å²) in [7, 11) is 0. The second-order valence-electron chi connectivity index (χ2n) is 4.53. The lowest BCUT2D eigenvalue weighted by Crippen LogP contribution is -2.60. The maximum atomic E-state index is 12.2. The van der Waals surface area contributed by atoms with Gasteiger partial charge in [0.1, 0.15) is 12.1 Å². The molecule has 114 valence electrons. The Hall–Kier alpha value is -1.44. The highest BCUT2D eigenvalue weighted by Crippen LogP contribution is 2.10. The molecule has 0 saturated carbocycles. The molecular formula is C12H21N3O4S. The second kappa shape index (κ2) is 7.98. The maximum Gasteiger partial charge on any atom is 0.326 e. The average Bonchev–Trinajstić information content (AvgIpc) is 2.42. The van der Waals surface area contributed by atoms with Crippen LogP contribution in [0, 0.1) is 0 Å². The van der Waals surface area contributed by atoms with E-state index >= 15 is 0 Å². The maximum absolute atomic E-state index is 12.2. The van der Waals surface area contributed by atoms with Crippen molar-refractivity contribution in [3.8, 4) is 0 Å². The molecule has 0 aromatic carbocycles. The van der Waals surface area contributed by atoms with Crippen LogP contribution < -0.4 is 10.6 Å². The van der Waals surface area contributed by atoms with Crippen molar-refractivity contribution in [1.29, 1.82) is 0 Å². The van der Waals surface area contributed by atoms with Crippen molar-refractivity contribution in [2.24, 2.45) is 0 Å². The van der Waals surface area contributed by atoms with E-state index in [1.807, 2.05) is 13.2 Å². The molecule has 1 rings (SSSR count). The fourth-order valence-electron chi connectivity index (χ4n) is 2.09. The number of hydrogen-bond acceptors (Lipinski definition) is 4. The van der Waals surface area contributed by atoms with Crippen molar-refractivity contribution < 1.29 is 19.5 Å². The molecule has 7 nitrogen and oxygen atoms in total. The summed E-state index contributed by atoms with van der Waals surface area (Å²) >= 11 is 1.52. The van der Waals surface area contributed by atoms with Gasteiger partial charge in [0.25, 0.3) is 0 Å². The van der Waals surface area contributed by atoms with Gasteiger partial charge >= 0.3 is 12.0 Å². The van der Waals surface area contributed by atoms with E-state index in [0.717, 1.165) is 0 Å². The van der Waals surface area contributed by atoms with Crippen LogP contribution in [0.3, 0.4) is 0 Å². The van der Waals surface area contributed by atoms with E-state index in [4.69, 9.17) is 5.11 Å². The van der Waals surface area contributed by atoms with Crippen molar-refractivity contribution in [3.63, 3.8) is 0 Å². The number of carboxylic acids is 1. The largest absolute Gasteiger partial charge is 0.480 e. The molecule has 0 spiro atoms. The van der Waals surface area contributed by atoms with Crippen molar-refractivity contribution in [2.45, 2.75) is 31.8 Å². The van der Waals surface area contributed by atoms with Gasteiger partial charge in [-0.1, -0.05) is 6.92 Å². The molecule has 1 aliphatic heterocycles. The lowest BCUT2D eigenvalue weighted by molar-refractivity contribution is -0.139. The monoisotopic (exact) mass is 303 g/mol. The van der Waals surface area contributed by atoms with E-state index in [9.17, 15) is 14.4 Å². The highest BCUT2D eigenvalue weighted by molar-refractivity contribution is 7.98. The van der Waals surface area contributed by atoms with E-state index in [1.54, 1.807) is 0 Å². The Labute approximate surface area is 122 Å². The highest BCUT2D eigenvalue weighted by Gasteiger charge is 2.33. The van der Waals surface area contributed by atoms with Gasteiger partial charge in [0, 0.05) is 13.1 Å². The summed E-state index contributed by atoms with van der Waals surface area (Å²) in [5.74, 6) is -0.596. The number of thioether (sulfide) groups is 1. The molecular weight excluding hydrogens is 282 g/mol. The summed E-state index contributed by atoms with van der Waals surface area (Å²) in [6.45, 7) is 2.61. The minimum atomic E-state index is -1.05. The smallest absolute Gasteiger partial charge is 0.326 e. The predicted molar refractivity (Wildman–Crippen MR) is 76.7 cm³/mol. The molecule has 3 amide bonds. The first-order valence-corrected chi connectivity index (χ1v) is 7.97. The Kier molecular flexibility index (Phi) is 6.63. The molecule has 2 atom stereocenters. The number of nitrogens with one attached hydrogen (secondary N) is 2. The zero-order valence-electron chi connectivity index (χ0n) is 11.7. The number of rotatable bonds is 6. The number of piperazine rings is 1. The molecule has 1 unspecified atom stereocenters. The summed E-state index contributed by atoms with van der Waals surface area (Å²) in [5, 5.41) is 14.3. The third kappa shape index (κ3) is 4.29. The van der Waals surface area contributed by atoms with Gasteiger partial charge in [-0.25, -0.2) is 9.59 Å². The number of amides is 3. The average molecular weight is 303 g/mol. The molecule has 20 heavy (non-hydrogen) atoms. The molecule has 1 heterocycles. The normalized spacial score (nSPS) is 20.2. The van der Waals surface area contributed by atoms with Crippen LogP contribution in [0.1, 0.15) is 19.8 Å². The molecule has 0 aromatic heterocycles. The second-order valence-corrected chi connectivity index (χ2v) is 5.52. The number of hydrogen-bond donors (Lipinski definition) is 3. The van der Waals surface area contributed by atoms with Crippen LogP contribution in [-0.2, 0) is 9.59 Å². The van der Waals surface area contributed by atoms with E-state index < -0.39 is 24.1 Å². The minimum absolute atomic E-state index is 0.190. The Morgan fingerprint density at radius 2 is 2.30 bits per heavy atom. The molecule has 1 fully saturated rings. The van der Waals surface area contributed by atoms with Gasteiger partial charge < -0.3 is 20.6 Å². The Morgan fingerprint density at radius 1 is 1.60 bits per heavy atom. The molecule has 0 aromatic rings. The SMILES string of the molecule is CCC1C(=O)NCCN1C(=O)N[C@H](CCSC)C(=O)O. The molecule has 1 saturated heterocycles. The van der Waals surface area contributed by atoms with Crippen molar-refractivity contribution >= 4 is 29.7 Å². The minimum Gasteiger partial charge on any atom is -0.480 e. The summed E-state index contributed by atoms with van der Waals surface area (Å²) in [4.78, 5) is 36.4. The van der Waals surface area contributed by atoms with Crippen LogP contribution in [0.15, 0.2) is 0 Å². The molecule has 3 N–H and O–H groups in total. The fourth-order valence-corrected chi connectivity index (χ4v) is 2.56. The van der Waals surface area contributed by atoms with Crippen molar-refractivity contribution in [2.75, 3.05) is 25.1 Å². The van der Waals surface area contributed by atoms with Gasteiger partial charge in [-0.2, -0.15) is 11.8 Å². The van der Waals surface area contributed by atoms with Gasteiger partial charge in [0.05, 0.1) is 0 Å². The summed E-state index contributed by atoms with van der Waals surface area (Å²) < 4.78 is 0. The third-order valence-electron chi connectivity index (χ3n) is 3.18. The fraction of sp³-hybridized carbons (Fsp3) is 0.750. The van der Waals surface area contributed by atoms with Gasteiger partial charge in [0.15, 0.2) is 0 Å². The standard InChI is InChI=1S/C12H21N3O4S/c1-3-9-10(16)13-5-6-15(9)12(19)14-8(11(17)18)4-7-20-2/h8-9H,3-7H2,1-2H3,(H,13,16)(H,14,19)(H,17,18)/t8-,9?/m1/s1. The predicted octanol–water partition coefficient (Wildman–Crippen LogP) is 0.113. The first kappa shape index (κ1) is 16.6. The Morgan fingerprint density at radius 3 is 2.85 bits per heavy atom. The van der Waals surface area contributed by atoms with Crippen LogP contribution in [0.4, 0.5) is 4.79 Å². The summed E-state index contributed by atoms with van der Waals surface area (Å²) in [6, 6.07) is -1.93. The lowest BCUT2D eigenvalue weighted by atomic mass is 10.1. The van der Waals surface area contributed by atoms with Gasteiger partial charge in [0.2, 0.25) is 5.91 Å². The zero-order valence-corrected chi connectivity index (χ0v) is 12.5.